The van der Waals surface area contributed by atoms with E-state index in [0.29, 0.717) is 17.0 Å². The van der Waals surface area contributed by atoms with Gasteiger partial charge in [0.25, 0.3) is 5.91 Å². The molecule has 1 N–H and O–H groups in total. The molecule has 1 aliphatic heterocycles. The van der Waals surface area contributed by atoms with E-state index in [1.165, 1.54) is 18.0 Å². The standard InChI is InChI=1S/C17H20N2O6/c1-3-24-17(23)7-5-13(20)11-4-6-14-12(8-11)19(9-15(21)18-2)16(22)10-25-14/h4,6,8H,3,5,7,9-10H2,1-2H3,(H,18,21). The first-order chi connectivity index (χ1) is 12.0. The summed E-state index contributed by atoms with van der Waals surface area (Å²) in [4.78, 5) is 48.6. The van der Waals surface area contributed by atoms with Gasteiger partial charge < -0.3 is 14.8 Å². The normalized spacial score (nSPS) is 12.9. The number of Topliss-reactive ketones (excluding diaryl/α,β-unsaturated/α-hetero) is 1. The van der Waals surface area contributed by atoms with E-state index in [4.69, 9.17) is 9.47 Å². The molecular weight excluding hydrogens is 328 g/mol. The molecule has 0 unspecified atom stereocenters. The van der Waals surface area contributed by atoms with Gasteiger partial charge in [-0.2, -0.15) is 0 Å². The van der Waals surface area contributed by atoms with Crippen LogP contribution in [0.5, 0.6) is 5.75 Å². The van der Waals surface area contributed by atoms with Gasteiger partial charge in [0, 0.05) is 19.0 Å². The summed E-state index contributed by atoms with van der Waals surface area (Å²) in [5.74, 6) is -0.972. The van der Waals surface area contributed by atoms with Crippen molar-refractivity contribution < 1.29 is 28.7 Å². The molecule has 0 saturated carbocycles. The number of ketones is 1. The summed E-state index contributed by atoms with van der Waals surface area (Å²) in [6.07, 6.45) is -0.0109. The molecule has 0 aliphatic carbocycles. The lowest BCUT2D eigenvalue weighted by molar-refractivity contribution is -0.143. The molecule has 134 valence electrons. The number of amides is 2. The molecule has 0 spiro atoms. The quantitative estimate of drug-likeness (QED) is 0.574. The zero-order valence-corrected chi connectivity index (χ0v) is 14.2. The van der Waals surface area contributed by atoms with Crippen molar-refractivity contribution >= 4 is 29.3 Å². The highest BCUT2D eigenvalue weighted by Gasteiger charge is 2.28. The summed E-state index contributed by atoms with van der Waals surface area (Å²) in [5.41, 5.74) is 0.699. The Morgan fingerprint density at radius 1 is 1.28 bits per heavy atom. The first-order valence-electron chi connectivity index (χ1n) is 7.92. The van der Waals surface area contributed by atoms with Crippen LogP contribution in [-0.4, -0.2) is 50.4 Å². The fourth-order valence-corrected chi connectivity index (χ4v) is 2.36. The SMILES string of the molecule is CCOC(=O)CCC(=O)c1ccc2c(c1)N(CC(=O)NC)C(=O)CO2. The molecule has 0 atom stereocenters. The highest BCUT2D eigenvalue weighted by atomic mass is 16.5. The average Bonchev–Trinajstić information content (AvgIpc) is 2.61. The number of rotatable bonds is 7. The molecule has 0 aromatic heterocycles. The van der Waals surface area contributed by atoms with Crippen LogP contribution in [0.25, 0.3) is 0 Å². The zero-order valence-electron chi connectivity index (χ0n) is 14.2. The van der Waals surface area contributed by atoms with Gasteiger partial charge in [-0.15, -0.1) is 0 Å². The number of likely N-dealkylation sites (N-methyl/N-ethyl adjacent to an activating group) is 1. The third kappa shape index (κ3) is 4.56. The second kappa shape index (κ2) is 8.27. The molecule has 8 heteroatoms. The van der Waals surface area contributed by atoms with Gasteiger partial charge in [0.15, 0.2) is 12.4 Å². The summed E-state index contributed by atoms with van der Waals surface area (Å²) < 4.78 is 10.1. The van der Waals surface area contributed by atoms with Crippen LogP contribution in [0.3, 0.4) is 0 Å². The molecule has 1 aromatic rings. The van der Waals surface area contributed by atoms with Crippen molar-refractivity contribution in [3.63, 3.8) is 0 Å². The van der Waals surface area contributed by atoms with Crippen molar-refractivity contribution in [3.05, 3.63) is 23.8 Å². The second-order valence-corrected chi connectivity index (χ2v) is 5.35. The Bertz CT molecular complexity index is 700. The molecule has 25 heavy (non-hydrogen) atoms. The fraction of sp³-hybridized carbons (Fsp3) is 0.412. The zero-order chi connectivity index (χ0) is 18.4. The van der Waals surface area contributed by atoms with E-state index >= 15 is 0 Å². The Morgan fingerprint density at radius 3 is 2.72 bits per heavy atom. The number of carbonyl (C=O) groups is 4. The monoisotopic (exact) mass is 348 g/mol. The van der Waals surface area contributed by atoms with Crippen LogP contribution < -0.4 is 15.0 Å². The third-order valence-corrected chi connectivity index (χ3v) is 3.67. The Balaban J connectivity index is 2.18. The molecule has 0 radical (unpaired) electrons. The van der Waals surface area contributed by atoms with E-state index in [0.717, 1.165) is 0 Å². The van der Waals surface area contributed by atoms with Gasteiger partial charge in [0.1, 0.15) is 12.3 Å². The largest absolute Gasteiger partial charge is 0.482 e. The van der Waals surface area contributed by atoms with Crippen molar-refractivity contribution in [1.82, 2.24) is 5.32 Å². The molecule has 2 rings (SSSR count). The van der Waals surface area contributed by atoms with Crippen LogP contribution in [0.2, 0.25) is 0 Å². The Kier molecular flexibility index (Phi) is 6.10. The molecule has 0 saturated heterocycles. The first kappa shape index (κ1) is 18.4. The Labute approximate surface area is 145 Å². The fourth-order valence-electron chi connectivity index (χ4n) is 2.36. The molecular formula is C17H20N2O6. The topological polar surface area (TPSA) is 102 Å². The van der Waals surface area contributed by atoms with E-state index in [1.807, 2.05) is 0 Å². The predicted octanol–water partition coefficient (Wildman–Crippen LogP) is 0.684. The number of ether oxygens (including phenoxy) is 2. The number of esters is 1. The Morgan fingerprint density at radius 2 is 2.04 bits per heavy atom. The van der Waals surface area contributed by atoms with Crippen LogP contribution in [0.4, 0.5) is 5.69 Å². The first-order valence-corrected chi connectivity index (χ1v) is 7.92. The van der Waals surface area contributed by atoms with Gasteiger partial charge in [0.05, 0.1) is 18.7 Å². The number of nitrogens with one attached hydrogen (secondary N) is 1. The van der Waals surface area contributed by atoms with Gasteiger partial charge >= 0.3 is 5.97 Å². The van der Waals surface area contributed by atoms with E-state index in [2.05, 4.69) is 5.32 Å². The summed E-state index contributed by atoms with van der Waals surface area (Å²) in [6, 6.07) is 4.65. The van der Waals surface area contributed by atoms with E-state index in [9.17, 15) is 19.2 Å². The van der Waals surface area contributed by atoms with Crippen molar-refractivity contribution in [2.45, 2.75) is 19.8 Å². The van der Waals surface area contributed by atoms with Crippen LogP contribution in [0.1, 0.15) is 30.1 Å². The molecule has 0 bridgehead atoms. The average molecular weight is 348 g/mol. The maximum absolute atomic E-state index is 12.3. The molecule has 0 fully saturated rings. The van der Waals surface area contributed by atoms with E-state index < -0.39 is 5.97 Å². The third-order valence-electron chi connectivity index (χ3n) is 3.67. The van der Waals surface area contributed by atoms with E-state index in [-0.39, 0.29) is 50.2 Å². The second-order valence-electron chi connectivity index (χ2n) is 5.35. The number of fused-ring (bicyclic) bond motifs is 1. The minimum Gasteiger partial charge on any atom is -0.482 e. The summed E-state index contributed by atoms with van der Waals surface area (Å²) in [7, 11) is 1.48. The number of nitrogens with zero attached hydrogens (tertiary/aromatic N) is 1. The van der Waals surface area contributed by atoms with Crippen molar-refractivity contribution in [3.8, 4) is 5.75 Å². The maximum Gasteiger partial charge on any atom is 0.306 e. The lowest BCUT2D eigenvalue weighted by Crippen LogP contribution is -2.44. The van der Waals surface area contributed by atoms with Gasteiger partial charge in [-0.25, -0.2) is 0 Å². The lowest BCUT2D eigenvalue weighted by atomic mass is 10.0. The molecule has 1 aromatic carbocycles. The van der Waals surface area contributed by atoms with Gasteiger partial charge in [-0.1, -0.05) is 0 Å². The van der Waals surface area contributed by atoms with Crippen LogP contribution in [0, 0.1) is 0 Å². The van der Waals surface area contributed by atoms with Gasteiger partial charge in [0.2, 0.25) is 5.91 Å². The summed E-state index contributed by atoms with van der Waals surface area (Å²) in [6.45, 7) is 1.63. The highest BCUT2D eigenvalue weighted by molar-refractivity contribution is 6.04. The molecule has 1 aliphatic rings. The smallest absolute Gasteiger partial charge is 0.306 e. The van der Waals surface area contributed by atoms with Gasteiger partial charge in [-0.3, -0.25) is 24.1 Å². The summed E-state index contributed by atoms with van der Waals surface area (Å²) in [5, 5.41) is 2.45. The van der Waals surface area contributed by atoms with Crippen LogP contribution >= 0.6 is 0 Å². The van der Waals surface area contributed by atoms with Crippen LogP contribution in [0.15, 0.2) is 18.2 Å². The highest BCUT2D eigenvalue weighted by Crippen LogP contribution is 2.33. The van der Waals surface area contributed by atoms with Crippen molar-refractivity contribution in [2.24, 2.45) is 0 Å². The summed E-state index contributed by atoms with van der Waals surface area (Å²) >= 11 is 0. The number of anilines is 1. The number of hydrogen-bond acceptors (Lipinski definition) is 6. The number of hydrogen-bond donors (Lipinski definition) is 1. The number of carbonyl (C=O) groups excluding carboxylic acids is 4. The van der Waals surface area contributed by atoms with Crippen molar-refractivity contribution in [2.75, 3.05) is 31.7 Å². The van der Waals surface area contributed by atoms with Crippen LogP contribution in [-0.2, 0) is 19.1 Å². The predicted molar refractivity (Wildman–Crippen MR) is 88.6 cm³/mol. The molecule has 8 nitrogen and oxygen atoms in total. The van der Waals surface area contributed by atoms with Crippen molar-refractivity contribution in [1.29, 1.82) is 0 Å². The molecule has 1 heterocycles. The minimum absolute atomic E-state index is 0.00185. The van der Waals surface area contributed by atoms with Gasteiger partial charge in [-0.05, 0) is 25.1 Å². The van der Waals surface area contributed by atoms with E-state index in [1.54, 1.807) is 19.1 Å². The lowest BCUT2D eigenvalue weighted by Gasteiger charge is -2.29. The Hall–Kier alpha value is -2.90. The number of benzene rings is 1. The minimum atomic E-state index is -0.437. The molecule has 2 amide bonds. The maximum atomic E-state index is 12.3.